The summed E-state index contributed by atoms with van der Waals surface area (Å²) >= 11 is 6.03. The molecule has 0 aromatic heterocycles. The van der Waals surface area contributed by atoms with Gasteiger partial charge in [0.05, 0.1) is 11.4 Å². The van der Waals surface area contributed by atoms with Crippen LogP contribution in [-0.4, -0.2) is 7.05 Å². The average molecular weight is 261 g/mol. The van der Waals surface area contributed by atoms with Gasteiger partial charge >= 0.3 is 0 Å². The lowest BCUT2D eigenvalue weighted by Crippen LogP contribution is -2.12. The molecule has 0 aliphatic heterocycles. The number of nitrogen functional groups attached to an aromatic ring is 1. The molecule has 0 unspecified atom stereocenters. The van der Waals surface area contributed by atoms with Gasteiger partial charge in [-0.3, -0.25) is 0 Å². The molecule has 18 heavy (non-hydrogen) atoms. The molecule has 0 atom stereocenters. The third-order valence-electron chi connectivity index (χ3n) is 2.95. The van der Waals surface area contributed by atoms with E-state index < -0.39 is 0 Å². The van der Waals surface area contributed by atoms with E-state index in [2.05, 4.69) is 36.9 Å². The molecule has 2 N–H and O–H groups in total. The molecule has 2 aromatic carbocycles. The van der Waals surface area contributed by atoms with E-state index in [0.29, 0.717) is 5.02 Å². The molecule has 0 fully saturated rings. The number of benzene rings is 2. The van der Waals surface area contributed by atoms with Crippen LogP contribution in [0.25, 0.3) is 0 Å². The highest BCUT2D eigenvalue weighted by molar-refractivity contribution is 6.31. The second-order valence-electron chi connectivity index (χ2n) is 4.61. The van der Waals surface area contributed by atoms with Crippen LogP contribution in [0.2, 0.25) is 5.02 Å². The van der Waals surface area contributed by atoms with Crippen molar-refractivity contribution >= 4 is 28.7 Å². The first-order chi connectivity index (χ1) is 8.47. The van der Waals surface area contributed by atoms with Crippen LogP contribution in [0, 0.1) is 13.8 Å². The van der Waals surface area contributed by atoms with Crippen LogP contribution in [-0.2, 0) is 0 Å². The number of aryl methyl sites for hydroxylation is 2. The number of nitrogens with zero attached hydrogens (tertiary/aromatic N) is 1. The molecule has 0 aliphatic carbocycles. The predicted molar refractivity (Wildman–Crippen MR) is 79.8 cm³/mol. The first-order valence-electron chi connectivity index (χ1n) is 5.84. The minimum Gasteiger partial charge on any atom is -0.397 e. The van der Waals surface area contributed by atoms with Gasteiger partial charge in [-0.1, -0.05) is 17.7 Å². The third-order valence-corrected chi connectivity index (χ3v) is 3.18. The van der Waals surface area contributed by atoms with Crippen molar-refractivity contribution in [1.29, 1.82) is 0 Å². The van der Waals surface area contributed by atoms with E-state index in [9.17, 15) is 0 Å². The summed E-state index contributed by atoms with van der Waals surface area (Å²) in [7, 11) is 2.00. The molecule has 0 aliphatic rings. The minimum atomic E-state index is 0.690. The number of nitrogens with two attached hydrogens (primary N) is 1. The molecule has 0 bridgehead atoms. The summed E-state index contributed by atoms with van der Waals surface area (Å²) < 4.78 is 0. The summed E-state index contributed by atoms with van der Waals surface area (Å²) in [5.74, 6) is 0. The van der Waals surface area contributed by atoms with Crippen molar-refractivity contribution in [2.24, 2.45) is 0 Å². The van der Waals surface area contributed by atoms with Crippen LogP contribution < -0.4 is 10.6 Å². The van der Waals surface area contributed by atoms with Gasteiger partial charge in [-0.15, -0.1) is 0 Å². The summed E-state index contributed by atoms with van der Waals surface area (Å²) in [5, 5.41) is 0.690. The fourth-order valence-corrected chi connectivity index (χ4v) is 2.26. The van der Waals surface area contributed by atoms with Crippen molar-refractivity contribution in [2.45, 2.75) is 13.8 Å². The van der Waals surface area contributed by atoms with Gasteiger partial charge in [-0.05, 0) is 55.3 Å². The topological polar surface area (TPSA) is 29.3 Å². The van der Waals surface area contributed by atoms with E-state index in [1.807, 2.05) is 19.2 Å². The smallest absolute Gasteiger partial charge is 0.0656 e. The molecule has 3 heteroatoms. The molecular weight excluding hydrogens is 244 g/mol. The van der Waals surface area contributed by atoms with Crippen LogP contribution >= 0.6 is 11.6 Å². The Balaban J connectivity index is 2.47. The van der Waals surface area contributed by atoms with Crippen molar-refractivity contribution in [1.82, 2.24) is 0 Å². The summed E-state index contributed by atoms with van der Waals surface area (Å²) in [6.45, 7) is 4.18. The van der Waals surface area contributed by atoms with Gasteiger partial charge in [-0.25, -0.2) is 0 Å². The van der Waals surface area contributed by atoms with Gasteiger partial charge in [0.2, 0.25) is 0 Å². The zero-order chi connectivity index (χ0) is 13.3. The number of hydrogen-bond donors (Lipinski definition) is 1. The Morgan fingerprint density at radius 2 is 1.61 bits per heavy atom. The molecule has 0 heterocycles. The quantitative estimate of drug-likeness (QED) is 0.816. The predicted octanol–water partition coefficient (Wildman–Crippen LogP) is 4.31. The SMILES string of the molecule is Cc1cc(C)cc(N(C)c2cc(Cl)ccc2N)c1. The Bertz CT molecular complexity index is 558. The van der Waals surface area contributed by atoms with Gasteiger partial charge in [0.25, 0.3) is 0 Å². The van der Waals surface area contributed by atoms with Crippen molar-refractivity contribution in [3.8, 4) is 0 Å². The second-order valence-corrected chi connectivity index (χ2v) is 5.04. The third kappa shape index (κ3) is 2.59. The molecule has 0 saturated heterocycles. The monoisotopic (exact) mass is 260 g/mol. The molecule has 2 aromatic rings. The maximum Gasteiger partial charge on any atom is 0.0656 e. The lowest BCUT2D eigenvalue weighted by Gasteiger charge is -2.22. The highest BCUT2D eigenvalue weighted by atomic mass is 35.5. The summed E-state index contributed by atoms with van der Waals surface area (Å²) in [4.78, 5) is 2.06. The highest BCUT2D eigenvalue weighted by Gasteiger charge is 2.09. The zero-order valence-corrected chi connectivity index (χ0v) is 11.6. The molecule has 2 nitrogen and oxygen atoms in total. The van der Waals surface area contributed by atoms with Crippen LogP contribution in [0.1, 0.15) is 11.1 Å². The van der Waals surface area contributed by atoms with Gasteiger partial charge in [0, 0.05) is 17.8 Å². The molecule has 0 spiro atoms. The van der Waals surface area contributed by atoms with Gasteiger partial charge in [0.1, 0.15) is 0 Å². The van der Waals surface area contributed by atoms with E-state index in [4.69, 9.17) is 17.3 Å². The first-order valence-corrected chi connectivity index (χ1v) is 6.22. The lowest BCUT2D eigenvalue weighted by atomic mass is 10.1. The van der Waals surface area contributed by atoms with E-state index >= 15 is 0 Å². The van der Waals surface area contributed by atoms with Gasteiger partial charge < -0.3 is 10.6 Å². The van der Waals surface area contributed by atoms with Gasteiger partial charge in [0.15, 0.2) is 0 Å². The van der Waals surface area contributed by atoms with E-state index in [1.165, 1.54) is 11.1 Å². The standard InChI is InChI=1S/C15H17ClN2/c1-10-6-11(2)8-13(7-10)18(3)15-9-12(16)4-5-14(15)17/h4-9H,17H2,1-3H3. The second kappa shape index (κ2) is 4.91. The molecule has 2 rings (SSSR count). The van der Waals surface area contributed by atoms with Crippen LogP contribution in [0.3, 0.4) is 0 Å². The maximum absolute atomic E-state index is 6.03. The van der Waals surface area contributed by atoms with Crippen LogP contribution in [0.15, 0.2) is 36.4 Å². The normalized spacial score (nSPS) is 10.4. The van der Waals surface area contributed by atoms with Crippen molar-refractivity contribution in [3.05, 3.63) is 52.5 Å². The molecule has 0 saturated carbocycles. The average Bonchev–Trinajstić information content (AvgIpc) is 2.30. The van der Waals surface area contributed by atoms with Crippen LogP contribution in [0.4, 0.5) is 17.1 Å². The van der Waals surface area contributed by atoms with Crippen molar-refractivity contribution in [2.75, 3.05) is 17.7 Å². The zero-order valence-electron chi connectivity index (χ0n) is 10.9. The van der Waals surface area contributed by atoms with Gasteiger partial charge in [-0.2, -0.15) is 0 Å². The van der Waals surface area contributed by atoms with Crippen LogP contribution in [0.5, 0.6) is 0 Å². The molecular formula is C15H17ClN2. The molecule has 94 valence electrons. The Morgan fingerprint density at radius 1 is 1.00 bits per heavy atom. The number of hydrogen-bond acceptors (Lipinski definition) is 2. The Hall–Kier alpha value is -1.67. The molecule has 0 radical (unpaired) electrons. The fraction of sp³-hybridized carbons (Fsp3) is 0.200. The summed E-state index contributed by atoms with van der Waals surface area (Å²) in [6.07, 6.45) is 0. The Morgan fingerprint density at radius 3 is 2.22 bits per heavy atom. The fourth-order valence-electron chi connectivity index (χ4n) is 2.09. The summed E-state index contributed by atoms with van der Waals surface area (Å²) in [5.41, 5.74) is 11.2. The van der Waals surface area contributed by atoms with Crippen molar-refractivity contribution in [3.63, 3.8) is 0 Å². The summed E-state index contributed by atoms with van der Waals surface area (Å²) in [6, 6.07) is 11.9. The number of anilines is 3. The van der Waals surface area contributed by atoms with E-state index in [1.54, 1.807) is 6.07 Å². The van der Waals surface area contributed by atoms with Crippen molar-refractivity contribution < 1.29 is 0 Å². The highest BCUT2D eigenvalue weighted by Crippen LogP contribution is 2.32. The minimum absolute atomic E-state index is 0.690. The van der Waals surface area contributed by atoms with E-state index in [-0.39, 0.29) is 0 Å². The lowest BCUT2D eigenvalue weighted by molar-refractivity contribution is 1.19. The maximum atomic E-state index is 6.03. The molecule has 0 amide bonds. The Labute approximate surface area is 113 Å². The number of halogens is 1. The largest absolute Gasteiger partial charge is 0.397 e. The first kappa shape index (κ1) is 12.8. The number of rotatable bonds is 2. The van der Waals surface area contributed by atoms with E-state index in [0.717, 1.165) is 17.1 Å². The Kier molecular flexibility index (Phi) is 3.48.